The summed E-state index contributed by atoms with van der Waals surface area (Å²) in [6.07, 6.45) is 8.02. The van der Waals surface area contributed by atoms with Crippen LogP contribution in [-0.2, 0) is 0 Å². The van der Waals surface area contributed by atoms with Crippen LogP contribution in [-0.4, -0.2) is 17.8 Å². The van der Waals surface area contributed by atoms with E-state index in [1.165, 1.54) is 5.56 Å². The first-order valence-electron chi connectivity index (χ1n) is 9.20. The summed E-state index contributed by atoms with van der Waals surface area (Å²) in [5.74, 6) is 1.23. The van der Waals surface area contributed by atoms with E-state index in [1.54, 1.807) is 12.2 Å². The van der Waals surface area contributed by atoms with Crippen LogP contribution in [0.2, 0.25) is 5.02 Å². The molecular weight excluding hydrogens is 337 g/mol. The fourth-order valence-electron chi connectivity index (χ4n) is 4.17. The molecule has 3 rings (SSSR count). The molecule has 0 amide bonds. The molecule has 0 saturated heterocycles. The van der Waals surface area contributed by atoms with Crippen molar-refractivity contribution in [3.05, 3.63) is 52.8 Å². The van der Waals surface area contributed by atoms with E-state index in [2.05, 4.69) is 31.3 Å². The number of anilines is 1. The summed E-state index contributed by atoms with van der Waals surface area (Å²) < 4.78 is 13.4. The van der Waals surface area contributed by atoms with Gasteiger partial charge in [0, 0.05) is 29.3 Å². The van der Waals surface area contributed by atoms with Crippen LogP contribution in [0.5, 0.6) is 0 Å². The van der Waals surface area contributed by atoms with Gasteiger partial charge in [0.25, 0.3) is 0 Å². The van der Waals surface area contributed by atoms with E-state index < -0.39 is 0 Å². The number of hydrogen-bond acceptors (Lipinski definition) is 2. The number of aliphatic hydroxyl groups excluding tert-OH is 1. The monoisotopic (exact) mass is 363 g/mol. The zero-order valence-electron chi connectivity index (χ0n) is 14.9. The molecule has 0 spiro atoms. The average Bonchev–Trinajstić information content (AvgIpc) is 2.61. The number of aliphatic hydroxyl groups is 1. The molecule has 1 aromatic rings. The van der Waals surface area contributed by atoms with Crippen LogP contribution in [0.1, 0.15) is 44.6 Å². The Morgan fingerprint density at radius 2 is 2.20 bits per heavy atom. The lowest BCUT2D eigenvalue weighted by Gasteiger charge is -2.43. The van der Waals surface area contributed by atoms with Crippen LogP contribution in [0.25, 0.3) is 0 Å². The molecule has 4 heteroatoms. The van der Waals surface area contributed by atoms with Gasteiger partial charge in [0.15, 0.2) is 0 Å². The van der Waals surface area contributed by atoms with Crippen LogP contribution in [0.15, 0.2) is 42.3 Å². The lowest BCUT2D eigenvalue weighted by atomic mass is 9.70. The van der Waals surface area contributed by atoms with Crippen molar-refractivity contribution in [3.63, 3.8) is 0 Å². The minimum atomic E-state index is -0.141. The van der Waals surface area contributed by atoms with Crippen molar-refractivity contribution in [1.82, 2.24) is 0 Å². The van der Waals surface area contributed by atoms with Gasteiger partial charge in [0.05, 0.1) is 0 Å². The molecule has 2 nitrogen and oxygen atoms in total. The van der Waals surface area contributed by atoms with E-state index in [1.807, 2.05) is 12.1 Å². The highest BCUT2D eigenvalue weighted by atomic mass is 35.5. The maximum atomic E-state index is 13.4. The largest absolute Gasteiger partial charge is 0.396 e. The standard InChI is InChI=1S/C21H27ClFNO/c1-13(12-25)3-9-18-14(2)19-11-16(22)6-10-20(19)24-21(18)15-4-7-17(23)8-5-15/h4,6-8,10-11,13-15,18,21,24-25H,3,5,9,12H2,1-2H3/t13-,14+,15?,18-,21+/m1/s1. The van der Waals surface area contributed by atoms with Gasteiger partial charge < -0.3 is 10.4 Å². The first kappa shape index (κ1) is 18.5. The minimum Gasteiger partial charge on any atom is -0.396 e. The maximum Gasteiger partial charge on any atom is 0.118 e. The van der Waals surface area contributed by atoms with Gasteiger partial charge in [0.1, 0.15) is 5.83 Å². The number of hydrogen-bond donors (Lipinski definition) is 2. The third-order valence-electron chi connectivity index (χ3n) is 5.78. The summed E-state index contributed by atoms with van der Waals surface area (Å²) in [4.78, 5) is 0. The summed E-state index contributed by atoms with van der Waals surface area (Å²) in [6, 6.07) is 6.29. The fraction of sp³-hybridized carbons (Fsp3) is 0.524. The third-order valence-corrected chi connectivity index (χ3v) is 6.02. The molecule has 0 saturated carbocycles. The number of allylic oxidation sites excluding steroid dienone is 3. The summed E-state index contributed by atoms with van der Waals surface area (Å²) in [7, 11) is 0. The SMILES string of the molecule is C[C@@H](CO)CC[C@@H]1[C@H](C)c2cc(Cl)ccc2N[C@H]1C1C=CC(F)=CC1. The quantitative estimate of drug-likeness (QED) is 0.704. The molecule has 1 aromatic carbocycles. The molecule has 25 heavy (non-hydrogen) atoms. The highest BCUT2D eigenvalue weighted by molar-refractivity contribution is 6.30. The molecular formula is C21H27ClFNO. The predicted octanol–water partition coefficient (Wildman–Crippen LogP) is 5.69. The van der Waals surface area contributed by atoms with E-state index in [0.29, 0.717) is 17.8 Å². The Morgan fingerprint density at radius 3 is 2.88 bits per heavy atom. The van der Waals surface area contributed by atoms with Crippen molar-refractivity contribution in [1.29, 1.82) is 0 Å². The van der Waals surface area contributed by atoms with Gasteiger partial charge in [-0.1, -0.05) is 31.5 Å². The molecule has 1 unspecified atom stereocenters. The summed E-state index contributed by atoms with van der Waals surface area (Å²) in [5, 5.41) is 13.8. The second-order valence-corrected chi connectivity index (χ2v) is 8.00. The van der Waals surface area contributed by atoms with Crippen molar-refractivity contribution < 1.29 is 9.50 Å². The Morgan fingerprint density at radius 1 is 1.40 bits per heavy atom. The van der Waals surface area contributed by atoms with E-state index in [-0.39, 0.29) is 24.4 Å². The van der Waals surface area contributed by atoms with Gasteiger partial charge in [-0.25, -0.2) is 4.39 Å². The van der Waals surface area contributed by atoms with Crippen molar-refractivity contribution in [2.24, 2.45) is 17.8 Å². The van der Waals surface area contributed by atoms with Crippen molar-refractivity contribution in [3.8, 4) is 0 Å². The van der Waals surface area contributed by atoms with E-state index in [4.69, 9.17) is 11.6 Å². The Bertz CT molecular complexity index is 672. The molecule has 0 radical (unpaired) electrons. The third kappa shape index (κ3) is 4.09. The van der Waals surface area contributed by atoms with Gasteiger partial charge in [-0.3, -0.25) is 0 Å². The lowest BCUT2D eigenvalue weighted by molar-refractivity contribution is 0.208. The number of benzene rings is 1. The van der Waals surface area contributed by atoms with Crippen molar-refractivity contribution >= 4 is 17.3 Å². The second kappa shape index (κ2) is 7.92. The Hall–Kier alpha value is -1.32. The molecule has 2 aliphatic rings. The summed E-state index contributed by atoms with van der Waals surface area (Å²) in [5.41, 5.74) is 2.39. The maximum absolute atomic E-state index is 13.4. The van der Waals surface area contributed by atoms with E-state index in [0.717, 1.165) is 30.0 Å². The highest BCUT2D eigenvalue weighted by Crippen LogP contribution is 2.45. The molecule has 0 aromatic heterocycles. The Labute approximate surface area is 154 Å². The zero-order chi connectivity index (χ0) is 18.0. The average molecular weight is 364 g/mol. The highest BCUT2D eigenvalue weighted by Gasteiger charge is 2.37. The van der Waals surface area contributed by atoms with Gasteiger partial charge in [-0.2, -0.15) is 0 Å². The normalized spacial score (nSPS) is 29.6. The van der Waals surface area contributed by atoms with Crippen molar-refractivity contribution in [2.75, 3.05) is 11.9 Å². The lowest BCUT2D eigenvalue weighted by Crippen LogP contribution is -2.42. The Kier molecular flexibility index (Phi) is 5.85. The van der Waals surface area contributed by atoms with Gasteiger partial charge in [-0.05, 0) is 72.9 Å². The van der Waals surface area contributed by atoms with Crippen LogP contribution in [0.4, 0.5) is 10.1 Å². The topological polar surface area (TPSA) is 32.3 Å². The molecule has 136 valence electrons. The van der Waals surface area contributed by atoms with Gasteiger partial charge >= 0.3 is 0 Å². The van der Waals surface area contributed by atoms with Crippen LogP contribution in [0, 0.1) is 17.8 Å². The van der Waals surface area contributed by atoms with Gasteiger partial charge in [-0.15, -0.1) is 0 Å². The van der Waals surface area contributed by atoms with E-state index in [9.17, 15) is 9.50 Å². The number of fused-ring (bicyclic) bond motifs is 1. The zero-order valence-corrected chi connectivity index (χ0v) is 15.6. The van der Waals surface area contributed by atoms with Crippen LogP contribution < -0.4 is 5.32 Å². The molecule has 0 bridgehead atoms. The molecule has 1 aliphatic carbocycles. The smallest absolute Gasteiger partial charge is 0.118 e. The first-order valence-corrected chi connectivity index (χ1v) is 9.58. The second-order valence-electron chi connectivity index (χ2n) is 7.57. The number of rotatable bonds is 5. The Balaban J connectivity index is 1.87. The molecule has 1 heterocycles. The number of nitrogens with one attached hydrogen (secondary N) is 1. The van der Waals surface area contributed by atoms with E-state index >= 15 is 0 Å². The van der Waals surface area contributed by atoms with Crippen molar-refractivity contribution in [2.45, 2.75) is 45.1 Å². The summed E-state index contributed by atoms with van der Waals surface area (Å²) in [6.45, 7) is 4.57. The molecule has 1 aliphatic heterocycles. The van der Waals surface area contributed by atoms with Crippen LogP contribution >= 0.6 is 11.6 Å². The molecule has 5 atom stereocenters. The first-order chi connectivity index (χ1) is 12.0. The molecule has 0 fully saturated rings. The molecule has 2 N–H and O–H groups in total. The predicted molar refractivity (Wildman–Crippen MR) is 103 cm³/mol. The summed E-state index contributed by atoms with van der Waals surface area (Å²) >= 11 is 6.22. The fourth-order valence-corrected chi connectivity index (χ4v) is 4.35. The van der Waals surface area contributed by atoms with Crippen LogP contribution in [0.3, 0.4) is 0 Å². The minimum absolute atomic E-state index is 0.141. The van der Waals surface area contributed by atoms with Gasteiger partial charge in [0.2, 0.25) is 0 Å². The number of halogens is 2.